The van der Waals surface area contributed by atoms with Crippen LogP contribution in [0.15, 0.2) is 48.6 Å². The molecule has 0 bridgehead atoms. The maximum Gasteiger partial charge on any atom is 0.132 e. The van der Waals surface area contributed by atoms with Crippen LogP contribution < -0.4 is 0 Å². The number of benzene rings is 2. The second kappa shape index (κ2) is 9.20. The molecule has 1 fully saturated rings. The molecule has 4 heteroatoms. The summed E-state index contributed by atoms with van der Waals surface area (Å²) in [6.45, 7) is -1.55. The highest BCUT2D eigenvalue weighted by Crippen LogP contribution is 2.38. The van der Waals surface area contributed by atoms with E-state index in [4.69, 9.17) is 0 Å². The van der Waals surface area contributed by atoms with Crippen LogP contribution in [0.4, 0.5) is 17.6 Å². The molecule has 0 radical (unpaired) electrons. The lowest BCUT2D eigenvalue weighted by Gasteiger charge is -2.28. The van der Waals surface area contributed by atoms with Crippen molar-refractivity contribution >= 4 is 0 Å². The highest BCUT2D eigenvalue weighted by atomic mass is 19.1. The maximum absolute atomic E-state index is 13.8. The molecule has 0 unspecified atom stereocenters. The maximum atomic E-state index is 13.8. The molecule has 0 aromatic heterocycles. The number of alkyl halides is 2. The second-order valence-electron chi connectivity index (χ2n) is 7.25. The topological polar surface area (TPSA) is 0 Å². The van der Waals surface area contributed by atoms with Crippen molar-refractivity contribution in [3.63, 3.8) is 0 Å². The first-order chi connectivity index (χ1) is 13.1. The lowest BCUT2D eigenvalue weighted by molar-refractivity contribution is 0.328. The number of allylic oxidation sites excluding steroid dienone is 2. The Bertz CT molecular complexity index is 748. The summed E-state index contributed by atoms with van der Waals surface area (Å²) < 4.78 is 52.4. The standard InChI is InChI=1S/C23H24F4/c24-12-2-1-3-16-4-6-17(7-5-16)18-8-10-19(11-9-18)20-13-22(26)21(15-25)23(27)14-20/h1-2,8-11,13-14,16-17H,3-7,12,15H2/b2-1+. The summed E-state index contributed by atoms with van der Waals surface area (Å²) in [6, 6.07) is 10.1. The van der Waals surface area contributed by atoms with Gasteiger partial charge in [-0.25, -0.2) is 17.6 Å². The van der Waals surface area contributed by atoms with Gasteiger partial charge in [-0.1, -0.05) is 36.4 Å². The predicted molar refractivity (Wildman–Crippen MR) is 101 cm³/mol. The third-order valence-electron chi connectivity index (χ3n) is 5.56. The summed E-state index contributed by atoms with van der Waals surface area (Å²) in [7, 11) is 0. The van der Waals surface area contributed by atoms with Crippen molar-refractivity contribution in [2.24, 2.45) is 5.92 Å². The van der Waals surface area contributed by atoms with Crippen LogP contribution in [0, 0.1) is 17.6 Å². The van der Waals surface area contributed by atoms with Crippen LogP contribution in [-0.4, -0.2) is 6.67 Å². The minimum Gasteiger partial charge on any atom is -0.247 e. The van der Waals surface area contributed by atoms with Crippen LogP contribution in [0.2, 0.25) is 0 Å². The summed E-state index contributed by atoms with van der Waals surface area (Å²) in [5, 5.41) is 0. The third kappa shape index (κ3) is 4.79. The van der Waals surface area contributed by atoms with Crippen molar-refractivity contribution in [2.75, 3.05) is 6.67 Å². The van der Waals surface area contributed by atoms with Crippen LogP contribution >= 0.6 is 0 Å². The van der Waals surface area contributed by atoms with Crippen LogP contribution in [0.3, 0.4) is 0 Å². The Morgan fingerprint density at radius 1 is 0.815 bits per heavy atom. The fourth-order valence-electron chi connectivity index (χ4n) is 3.93. The molecule has 1 aliphatic carbocycles. The molecule has 0 aliphatic heterocycles. The van der Waals surface area contributed by atoms with Crippen molar-refractivity contribution in [3.8, 4) is 11.1 Å². The van der Waals surface area contributed by atoms with Gasteiger partial charge in [-0.2, -0.15) is 0 Å². The van der Waals surface area contributed by atoms with E-state index in [0.29, 0.717) is 23.0 Å². The van der Waals surface area contributed by atoms with E-state index in [1.165, 1.54) is 17.7 Å². The van der Waals surface area contributed by atoms with Crippen molar-refractivity contribution in [1.29, 1.82) is 0 Å². The van der Waals surface area contributed by atoms with E-state index in [1.54, 1.807) is 6.08 Å². The predicted octanol–water partition coefficient (Wildman–Crippen LogP) is 7.29. The molecule has 0 spiro atoms. The molecule has 2 aromatic carbocycles. The van der Waals surface area contributed by atoms with E-state index in [-0.39, 0.29) is 0 Å². The Morgan fingerprint density at radius 2 is 1.44 bits per heavy atom. The first kappa shape index (κ1) is 19.7. The van der Waals surface area contributed by atoms with E-state index >= 15 is 0 Å². The van der Waals surface area contributed by atoms with E-state index in [2.05, 4.69) is 0 Å². The molecule has 0 nitrogen and oxygen atoms in total. The van der Waals surface area contributed by atoms with Crippen molar-refractivity contribution < 1.29 is 17.6 Å². The summed E-state index contributed by atoms with van der Waals surface area (Å²) in [5.74, 6) is -0.584. The van der Waals surface area contributed by atoms with Gasteiger partial charge in [-0.05, 0) is 72.8 Å². The zero-order valence-corrected chi connectivity index (χ0v) is 15.2. The molecule has 2 aromatic rings. The lowest BCUT2D eigenvalue weighted by Crippen LogP contribution is -2.12. The Hall–Kier alpha value is -2.10. The molecule has 1 aliphatic rings. The number of hydrogen-bond donors (Lipinski definition) is 0. The fourth-order valence-corrected chi connectivity index (χ4v) is 3.93. The first-order valence-corrected chi connectivity index (χ1v) is 9.47. The number of hydrogen-bond acceptors (Lipinski definition) is 0. The smallest absolute Gasteiger partial charge is 0.132 e. The normalized spacial score (nSPS) is 20.3. The second-order valence-corrected chi connectivity index (χ2v) is 7.25. The molecular weight excluding hydrogens is 352 g/mol. The monoisotopic (exact) mass is 376 g/mol. The molecule has 27 heavy (non-hydrogen) atoms. The number of rotatable bonds is 6. The quantitative estimate of drug-likeness (QED) is 0.367. The van der Waals surface area contributed by atoms with Gasteiger partial charge in [-0.3, -0.25) is 0 Å². The van der Waals surface area contributed by atoms with Crippen LogP contribution in [0.1, 0.15) is 49.1 Å². The Kier molecular flexibility index (Phi) is 6.70. The van der Waals surface area contributed by atoms with Crippen LogP contribution in [0.25, 0.3) is 11.1 Å². The van der Waals surface area contributed by atoms with E-state index in [9.17, 15) is 17.6 Å². The largest absolute Gasteiger partial charge is 0.247 e. The zero-order valence-electron chi connectivity index (χ0n) is 15.2. The highest BCUT2D eigenvalue weighted by molar-refractivity contribution is 5.64. The Balaban J connectivity index is 1.65. The van der Waals surface area contributed by atoms with Crippen molar-refractivity contribution in [1.82, 2.24) is 0 Å². The molecule has 0 amide bonds. The van der Waals surface area contributed by atoms with Gasteiger partial charge in [0, 0.05) is 0 Å². The van der Waals surface area contributed by atoms with Gasteiger partial charge in [0.1, 0.15) is 25.0 Å². The summed E-state index contributed by atoms with van der Waals surface area (Å²) in [5.41, 5.74) is 1.84. The molecule has 1 saturated carbocycles. The van der Waals surface area contributed by atoms with E-state index in [1.807, 2.05) is 30.3 Å². The van der Waals surface area contributed by atoms with Crippen molar-refractivity contribution in [3.05, 3.63) is 71.3 Å². The van der Waals surface area contributed by atoms with Gasteiger partial charge < -0.3 is 0 Å². The Labute approximate surface area is 157 Å². The summed E-state index contributed by atoms with van der Waals surface area (Å²) in [4.78, 5) is 0. The fraction of sp³-hybridized carbons (Fsp3) is 0.391. The molecule has 0 heterocycles. The summed E-state index contributed by atoms with van der Waals surface area (Å²) in [6.07, 6.45) is 8.92. The minimum atomic E-state index is -1.15. The molecule has 144 valence electrons. The highest BCUT2D eigenvalue weighted by Gasteiger charge is 2.21. The SMILES string of the molecule is FC/C=C/CC1CCC(c2ccc(-c3cc(F)c(CF)c(F)c3)cc2)CC1. The zero-order chi connectivity index (χ0) is 19.2. The summed E-state index contributed by atoms with van der Waals surface area (Å²) >= 11 is 0. The first-order valence-electron chi connectivity index (χ1n) is 9.47. The molecule has 3 rings (SSSR count). The van der Waals surface area contributed by atoms with Gasteiger partial charge >= 0.3 is 0 Å². The van der Waals surface area contributed by atoms with Gasteiger partial charge in [0.05, 0.1) is 5.56 Å². The number of halogens is 4. The van der Waals surface area contributed by atoms with Gasteiger partial charge in [-0.15, -0.1) is 0 Å². The van der Waals surface area contributed by atoms with Crippen LogP contribution in [-0.2, 0) is 6.67 Å². The van der Waals surface area contributed by atoms with E-state index in [0.717, 1.165) is 32.1 Å². The Morgan fingerprint density at radius 3 is 2.00 bits per heavy atom. The van der Waals surface area contributed by atoms with E-state index < -0.39 is 30.5 Å². The average molecular weight is 376 g/mol. The molecule has 0 saturated heterocycles. The van der Waals surface area contributed by atoms with Gasteiger partial charge in [0.15, 0.2) is 0 Å². The van der Waals surface area contributed by atoms with Crippen LogP contribution in [0.5, 0.6) is 0 Å². The molecule has 0 atom stereocenters. The van der Waals surface area contributed by atoms with Gasteiger partial charge in [0.25, 0.3) is 0 Å². The van der Waals surface area contributed by atoms with Gasteiger partial charge in [0.2, 0.25) is 0 Å². The molecule has 0 N–H and O–H groups in total. The third-order valence-corrected chi connectivity index (χ3v) is 5.56. The lowest BCUT2D eigenvalue weighted by atomic mass is 9.77. The molecular formula is C23H24F4. The van der Waals surface area contributed by atoms with Crippen molar-refractivity contribution in [2.45, 2.75) is 44.7 Å². The average Bonchev–Trinajstić information content (AvgIpc) is 2.69. The minimum absolute atomic E-state index is 0.397.